The van der Waals surface area contributed by atoms with Crippen molar-refractivity contribution in [3.63, 3.8) is 0 Å². The molecule has 4 aromatic heterocycles. The number of fused-ring (bicyclic) bond motifs is 16. The van der Waals surface area contributed by atoms with Crippen LogP contribution in [0.4, 0.5) is 0 Å². The predicted molar refractivity (Wildman–Crippen MR) is 140 cm³/mol. The molecule has 0 fully saturated rings. The Labute approximate surface area is 192 Å². The molecule has 0 spiro atoms. The van der Waals surface area contributed by atoms with Gasteiger partial charge in [0.2, 0.25) is 0 Å². The zero-order valence-corrected chi connectivity index (χ0v) is 17.9. The lowest BCUT2D eigenvalue weighted by Gasteiger charge is -2.00. The normalized spacial score (nSPS) is 12.7. The van der Waals surface area contributed by atoms with Gasteiger partial charge in [0.15, 0.2) is 0 Å². The van der Waals surface area contributed by atoms with Gasteiger partial charge in [0.05, 0.1) is 44.1 Å². The van der Waals surface area contributed by atoms with E-state index < -0.39 is 0 Å². The molecule has 0 radical (unpaired) electrons. The third-order valence-electron chi connectivity index (χ3n) is 7.29. The summed E-state index contributed by atoms with van der Waals surface area (Å²) in [4.78, 5) is 20.4. The maximum absolute atomic E-state index is 5.21. The molecule has 9 aromatic rings. The minimum absolute atomic E-state index is 0.979. The summed E-state index contributed by atoms with van der Waals surface area (Å²) in [5, 5.41) is 9.07. The molecule has 0 aliphatic rings. The summed E-state index contributed by atoms with van der Waals surface area (Å²) in [6.45, 7) is 0. The van der Waals surface area contributed by atoms with E-state index in [4.69, 9.17) is 19.9 Å². The van der Waals surface area contributed by atoms with Gasteiger partial charge < -0.3 is 0 Å². The van der Waals surface area contributed by atoms with Crippen LogP contribution in [-0.2, 0) is 0 Å². The van der Waals surface area contributed by atoms with Gasteiger partial charge in [-0.25, -0.2) is 19.9 Å². The standard InChI is InChI=1S/C30H14N4/c1-4-10-18-15(7-1)23-21(31-18)13-14-22-26(23)27-29-24(17-9-3-6-12-20(17)33-29)28-25(30(27)34-22)16-8-2-5-11-19(16)32-28/h1-14H. The van der Waals surface area contributed by atoms with Crippen LogP contribution in [0.15, 0.2) is 84.9 Å². The first-order valence-corrected chi connectivity index (χ1v) is 11.4. The lowest BCUT2D eigenvalue weighted by Crippen LogP contribution is -1.78. The van der Waals surface area contributed by atoms with E-state index in [0.29, 0.717) is 0 Å². The van der Waals surface area contributed by atoms with E-state index in [9.17, 15) is 0 Å². The number of nitrogens with zero attached hydrogens (tertiary/aromatic N) is 4. The maximum Gasteiger partial charge on any atom is 0.0839 e. The molecular formula is C30H14N4. The van der Waals surface area contributed by atoms with Crippen molar-refractivity contribution in [3.05, 3.63) is 84.9 Å². The molecule has 0 aliphatic heterocycles. The molecule has 0 aliphatic carbocycles. The van der Waals surface area contributed by atoms with Crippen molar-refractivity contribution >= 4 is 87.2 Å². The molecule has 4 nitrogen and oxygen atoms in total. The molecule has 4 heterocycles. The Hall–Kier alpha value is -4.70. The molecule has 5 aromatic carbocycles. The van der Waals surface area contributed by atoms with Crippen molar-refractivity contribution in [3.8, 4) is 0 Å². The molecule has 34 heavy (non-hydrogen) atoms. The van der Waals surface area contributed by atoms with Crippen molar-refractivity contribution in [1.82, 2.24) is 19.9 Å². The fourth-order valence-corrected chi connectivity index (χ4v) is 5.93. The van der Waals surface area contributed by atoms with E-state index in [1.807, 2.05) is 18.2 Å². The molecule has 0 unspecified atom stereocenters. The van der Waals surface area contributed by atoms with Crippen LogP contribution in [0.2, 0.25) is 0 Å². The van der Waals surface area contributed by atoms with Gasteiger partial charge in [0.1, 0.15) is 0 Å². The highest BCUT2D eigenvalue weighted by Crippen LogP contribution is 2.46. The minimum Gasteiger partial charge on any atom is -0.248 e. The quantitative estimate of drug-likeness (QED) is 0.252. The Morgan fingerprint density at radius 1 is 0.294 bits per heavy atom. The number of hydrogen-bond acceptors (Lipinski definition) is 4. The van der Waals surface area contributed by atoms with E-state index in [-0.39, 0.29) is 0 Å². The van der Waals surface area contributed by atoms with Crippen LogP contribution in [0.3, 0.4) is 0 Å². The van der Waals surface area contributed by atoms with Crippen LogP contribution in [-0.4, -0.2) is 19.9 Å². The van der Waals surface area contributed by atoms with Crippen LogP contribution in [0.5, 0.6) is 0 Å². The van der Waals surface area contributed by atoms with Crippen molar-refractivity contribution in [2.45, 2.75) is 0 Å². The summed E-state index contributed by atoms with van der Waals surface area (Å²) in [7, 11) is 0. The smallest absolute Gasteiger partial charge is 0.0839 e. The van der Waals surface area contributed by atoms with Gasteiger partial charge in [0.25, 0.3) is 0 Å². The van der Waals surface area contributed by atoms with E-state index in [0.717, 1.165) is 87.2 Å². The molecule has 0 N–H and O–H groups in total. The third-order valence-corrected chi connectivity index (χ3v) is 7.29. The second-order valence-corrected chi connectivity index (χ2v) is 9.02. The van der Waals surface area contributed by atoms with E-state index in [1.54, 1.807) is 0 Å². The topological polar surface area (TPSA) is 51.6 Å². The molecule has 4 heteroatoms. The van der Waals surface area contributed by atoms with Crippen molar-refractivity contribution in [2.75, 3.05) is 0 Å². The van der Waals surface area contributed by atoms with E-state index in [1.165, 1.54) is 0 Å². The molecule has 9 rings (SSSR count). The fourth-order valence-electron chi connectivity index (χ4n) is 5.93. The highest BCUT2D eigenvalue weighted by molar-refractivity contribution is 6.42. The van der Waals surface area contributed by atoms with Gasteiger partial charge in [-0.2, -0.15) is 0 Å². The van der Waals surface area contributed by atoms with Gasteiger partial charge in [-0.3, -0.25) is 0 Å². The fraction of sp³-hybridized carbons (Fsp3) is 0. The first kappa shape index (κ1) is 16.9. The third kappa shape index (κ3) is 1.84. The summed E-state index contributed by atoms with van der Waals surface area (Å²) in [5.41, 5.74) is 7.92. The van der Waals surface area contributed by atoms with Crippen LogP contribution in [0.1, 0.15) is 0 Å². The number of para-hydroxylation sites is 3. The number of rotatable bonds is 0. The van der Waals surface area contributed by atoms with Crippen LogP contribution >= 0.6 is 0 Å². The zero-order valence-electron chi connectivity index (χ0n) is 17.9. The Kier molecular flexibility index (Phi) is 2.78. The van der Waals surface area contributed by atoms with Crippen molar-refractivity contribution in [2.24, 2.45) is 0 Å². The second kappa shape index (κ2) is 5.61. The van der Waals surface area contributed by atoms with Crippen LogP contribution in [0, 0.1) is 0 Å². The summed E-state index contributed by atoms with van der Waals surface area (Å²) in [6.07, 6.45) is 0. The van der Waals surface area contributed by atoms with Gasteiger partial charge >= 0.3 is 0 Å². The maximum atomic E-state index is 5.21. The van der Waals surface area contributed by atoms with Crippen LogP contribution < -0.4 is 0 Å². The van der Waals surface area contributed by atoms with Gasteiger partial charge in [0, 0.05) is 43.1 Å². The highest BCUT2D eigenvalue weighted by Gasteiger charge is 2.24. The average molecular weight is 430 g/mol. The van der Waals surface area contributed by atoms with E-state index in [2.05, 4.69) is 66.7 Å². The van der Waals surface area contributed by atoms with Crippen LogP contribution in [0.25, 0.3) is 87.2 Å². The summed E-state index contributed by atoms with van der Waals surface area (Å²) < 4.78 is 0. The number of aromatic nitrogens is 4. The summed E-state index contributed by atoms with van der Waals surface area (Å²) >= 11 is 0. The Morgan fingerprint density at radius 2 is 0.706 bits per heavy atom. The Bertz CT molecular complexity index is 2240. The predicted octanol–water partition coefficient (Wildman–Crippen LogP) is 7.37. The number of hydrogen-bond donors (Lipinski definition) is 0. The second-order valence-electron chi connectivity index (χ2n) is 9.02. The summed E-state index contributed by atoms with van der Waals surface area (Å²) in [6, 6.07) is 29.3. The molecule has 0 saturated carbocycles. The highest BCUT2D eigenvalue weighted by atomic mass is 14.8. The van der Waals surface area contributed by atoms with Crippen molar-refractivity contribution in [1.29, 1.82) is 0 Å². The Balaban J connectivity index is 1.70. The molecule has 0 bridgehead atoms. The molecule has 0 amide bonds. The lowest BCUT2D eigenvalue weighted by molar-refractivity contribution is 1.53. The monoisotopic (exact) mass is 430 g/mol. The minimum atomic E-state index is 0.979. The average Bonchev–Trinajstić information content (AvgIpc) is 3.61. The van der Waals surface area contributed by atoms with Gasteiger partial charge in [-0.05, 0) is 30.3 Å². The molecule has 0 saturated heterocycles. The van der Waals surface area contributed by atoms with E-state index >= 15 is 0 Å². The lowest BCUT2D eigenvalue weighted by atomic mass is 10.00. The largest absolute Gasteiger partial charge is 0.248 e. The van der Waals surface area contributed by atoms with Gasteiger partial charge in [-0.1, -0.05) is 54.6 Å². The summed E-state index contributed by atoms with van der Waals surface area (Å²) in [5.74, 6) is 0. The SMILES string of the molecule is c1ccc2c(c1)nc1c2c2nc3ccccc3c2c2nc3ccc4nc5ccccc5c4c3c12. The first-order chi connectivity index (χ1) is 16.9. The van der Waals surface area contributed by atoms with Gasteiger partial charge in [-0.15, -0.1) is 0 Å². The Morgan fingerprint density at radius 3 is 1.29 bits per heavy atom. The molecule has 154 valence electrons. The van der Waals surface area contributed by atoms with Crippen molar-refractivity contribution < 1.29 is 0 Å². The zero-order chi connectivity index (χ0) is 22.0. The molecular weight excluding hydrogens is 416 g/mol. The molecule has 0 atom stereocenters. The number of benzene rings is 5. The first-order valence-electron chi connectivity index (χ1n) is 11.4.